The van der Waals surface area contributed by atoms with E-state index in [1.165, 1.54) is 25.3 Å². The van der Waals surface area contributed by atoms with Crippen molar-refractivity contribution in [3.63, 3.8) is 0 Å². The first-order chi connectivity index (χ1) is 7.63. The number of nitrogens with one attached hydrogen (secondary N) is 1. The Morgan fingerprint density at radius 2 is 2.25 bits per heavy atom. The summed E-state index contributed by atoms with van der Waals surface area (Å²) in [5, 5.41) is 11.7. The molecule has 1 aliphatic carbocycles. The van der Waals surface area contributed by atoms with Gasteiger partial charge in [0.2, 0.25) is 0 Å². The second-order valence-electron chi connectivity index (χ2n) is 4.82. The molecular weight excluding hydrogens is 203 g/mol. The Kier molecular flexibility index (Phi) is 2.82. The van der Waals surface area contributed by atoms with Gasteiger partial charge in [-0.05, 0) is 36.5 Å². The van der Waals surface area contributed by atoms with E-state index in [2.05, 4.69) is 12.2 Å². The zero-order chi connectivity index (χ0) is 11.6. The summed E-state index contributed by atoms with van der Waals surface area (Å²) in [4.78, 5) is 0. The molecule has 1 aromatic carbocycles. The van der Waals surface area contributed by atoms with Crippen LogP contribution in [0.25, 0.3) is 0 Å². The minimum Gasteiger partial charge on any atom is -0.382 e. The van der Waals surface area contributed by atoms with Crippen molar-refractivity contribution in [2.75, 3.05) is 11.9 Å². The number of benzene rings is 1. The second-order valence-corrected chi connectivity index (χ2v) is 4.82. The first kappa shape index (κ1) is 10.9. The molecule has 1 fully saturated rings. The molecular formula is C13H15FN2. The largest absolute Gasteiger partial charge is 0.382 e. The van der Waals surface area contributed by atoms with Crippen LogP contribution < -0.4 is 5.32 Å². The third kappa shape index (κ3) is 2.16. The molecule has 0 atom stereocenters. The van der Waals surface area contributed by atoms with Crippen molar-refractivity contribution < 1.29 is 4.39 Å². The van der Waals surface area contributed by atoms with Gasteiger partial charge in [-0.25, -0.2) is 4.39 Å². The van der Waals surface area contributed by atoms with Gasteiger partial charge in [0.15, 0.2) is 0 Å². The van der Waals surface area contributed by atoms with Crippen LogP contribution >= 0.6 is 0 Å². The maximum Gasteiger partial charge on any atom is 0.147 e. The fourth-order valence-electron chi connectivity index (χ4n) is 1.99. The maximum atomic E-state index is 13.5. The van der Waals surface area contributed by atoms with Crippen molar-refractivity contribution in [1.82, 2.24) is 0 Å². The van der Waals surface area contributed by atoms with E-state index in [1.807, 2.05) is 6.07 Å². The molecule has 2 rings (SSSR count). The van der Waals surface area contributed by atoms with E-state index in [-0.39, 0.29) is 5.82 Å². The molecule has 1 aliphatic rings. The Balaban J connectivity index is 2.02. The summed E-state index contributed by atoms with van der Waals surface area (Å²) >= 11 is 0. The van der Waals surface area contributed by atoms with Gasteiger partial charge in [-0.3, -0.25) is 0 Å². The van der Waals surface area contributed by atoms with E-state index >= 15 is 0 Å². The number of hydrogen-bond acceptors (Lipinski definition) is 2. The van der Waals surface area contributed by atoms with E-state index in [1.54, 1.807) is 12.1 Å². The van der Waals surface area contributed by atoms with E-state index in [9.17, 15) is 4.39 Å². The van der Waals surface area contributed by atoms with Gasteiger partial charge in [0.1, 0.15) is 5.82 Å². The molecule has 2 nitrogen and oxygen atoms in total. The van der Waals surface area contributed by atoms with Gasteiger partial charge in [-0.15, -0.1) is 0 Å². The maximum absolute atomic E-state index is 13.5. The van der Waals surface area contributed by atoms with Crippen molar-refractivity contribution >= 4 is 5.69 Å². The molecule has 84 valence electrons. The molecule has 16 heavy (non-hydrogen) atoms. The normalized spacial score (nSPS) is 17.3. The van der Waals surface area contributed by atoms with Crippen molar-refractivity contribution in [2.45, 2.75) is 26.2 Å². The first-order valence-corrected chi connectivity index (χ1v) is 5.56. The smallest absolute Gasteiger partial charge is 0.147 e. The van der Waals surface area contributed by atoms with Crippen LogP contribution in [0.2, 0.25) is 0 Å². The number of anilines is 1. The standard InChI is InChI=1S/C13H15FN2/c1-13(5-2-6-13)9-16-12-4-3-10(8-15)7-11(12)14/h3-4,7,16H,2,5-6,9H2,1H3. The van der Waals surface area contributed by atoms with Gasteiger partial charge in [-0.2, -0.15) is 5.26 Å². The van der Waals surface area contributed by atoms with Crippen molar-refractivity contribution in [3.8, 4) is 6.07 Å². The summed E-state index contributed by atoms with van der Waals surface area (Å²) in [5.41, 5.74) is 1.17. The summed E-state index contributed by atoms with van der Waals surface area (Å²) in [6.07, 6.45) is 3.68. The molecule has 3 heteroatoms. The highest BCUT2D eigenvalue weighted by atomic mass is 19.1. The van der Waals surface area contributed by atoms with Crippen molar-refractivity contribution in [3.05, 3.63) is 29.6 Å². The molecule has 0 radical (unpaired) electrons. The number of halogens is 1. The quantitative estimate of drug-likeness (QED) is 0.844. The minimum absolute atomic E-state index is 0.320. The Hall–Kier alpha value is -1.56. The number of rotatable bonds is 3. The van der Waals surface area contributed by atoms with Gasteiger partial charge in [0.05, 0.1) is 17.3 Å². The third-order valence-corrected chi connectivity index (χ3v) is 3.36. The van der Waals surface area contributed by atoms with E-state index in [0.29, 0.717) is 16.7 Å². The van der Waals surface area contributed by atoms with Crippen LogP contribution in [0.5, 0.6) is 0 Å². The lowest BCUT2D eigenvalue weighted by molar-refractivity contribution is 0.180. The van der Waals surface area contributed by atoms with E-state index in [0.717, 1.165) is 6.54 Å². The number of hydrogen-bond donors (Lipinski definition) is 1. The van der Waals surface area contributed by atoms with Crippen molar-refractivity contribution in [2.24, 2.45) is 5.41 Å². The van der Waals surface area contributed by atoms with Crippen LogP contribution in [-0.2, 0) is 0 Å². The molecule has 0 amide bonds. The SMILES string of the molecule is CC1(CNc2ccc(C#N)cc2F)CCC1. The highest BCUT2D eigenvalue weighted by molar-refractivity contribution is 5.48. The van der Waals surface area contributed by atoms with Crippen LogP contribution in [-0.4, -0.2) is 6.54 Å². The highest BCUT2D eigenvalue weighted by Gasteiger charge is 2.31. The first-order valence-electron chi connectivity index (χ1n) is 5.56. The van der Waals surface area contributed by atoms with Gasteiger partial charge >= 0.3 is 0 Å². The minimum atomic E-state index is -0.345. The summed E-state index contributed by atoms with van der Waals surface area (Å²) in [6, 6.07) is 6.46. The Labute approximate surface area is 95.1 Å². The lowest BCUT2D eigenvalue weighted by Gasteiger charge is -2.38. The predicted molar refractivity (Wildman–Crippen MR) is 61.6 cm³/mol. The molecule has 0 heterocycles. The number of nitrogens with zero attached hydrogens (tertiary/aromatic N) is 1. The fraction of sp³-hybridized carbons (Fsp3) is 0.462. The molecule has 1 N–H and O–H groups in total. The summed E-state index contributed by atoms with van der Waals surface area (Å²) in [7, 11) is 0. The van der Waals surface area contributed by atoms with Crippen LogP contribution in [0, 0.1) is 22.6 Å². The lowest BCUT2D eigenvalue weighted by atomic mass is 9.70. The summed E-state index contributed by atoms with van der Waals surface area (Å²) < 4.78 is 13.5. The fourth-order valence-corrected chi connectivity index (χ4v) is 1.99. The average Bonchev–Trinajstić information content (AvgIpc) is 2.25. The van der Waals surface area contributed by atoms with Gasteiger partial charge < -0.3 is 5.32 Å². The predicted octanol–water partition coefficient (Wildman–Crippen LogP) is 3.30. The molecule has 0 aliphatic heterocycles. The lowest BCUT2D eigenvalue weighted by Crippen LogP contribution is -2.33. The molecule has 0 unspecified atom stereocenters. The zero-order valence-electron chi connectivity index (χ0n) is 9.39. The monoisotopic (exact) mass is 218 g/mol. The highest BCUT2D eigenvalue weighted by Crippen LogP contribution is 2.40. The third-order valence-electron chi connectivity index (χ3n) is 3.36. The van der Waals surface area contributed by atoms with E-state index in [4.69, 9.17) is 5.26 Å². The molecule has 1 aromatic rings. The van der Waals surface area contributed by atoms with Gasteiger partial charge in [0, 0.05) is 6.54 Å². The second kappa shape index (κ2) is 4.13. The van der Waals surface area contributed by atoms with Gasteiger partial charge in [0.25, 0.3) is 0 Å². The molecule has 1 saturated carbocycles. The van der Waals surface area contributed by atoms with Crippen LogP contribution in [0.3, 0.4) is 0 Å². The molecule has 0 bridgehead atoms. The average molecular weight is 218 g/mol. The summed E-state index contributed by atoms with van der Waals surface area (Å²) in [5.74, 6) is -0.345. The summed E-state index contributed by atoms with van der Waals surface area (Å²) in [6.45, 7) is 3.01. The van der Waals surface area contributed by atoms with Gasteiger partial charge in [-0.1, -0.05) is 13.3 Å². The van der Waals surface area contributed by atoms with Crippen molar-refractivity contribution in [1.29, 1.82) is 5.26 Å². The van der Waals surface area contributed by atoms with Crippen LogP contribution in [0.4, 0.5) is 10.1 Å². The molecule has 0 aromatic heterocycles. The van der Waals surface area contributed by atoms with E-state index < -0.39 is 0 Å². The zero-order valence-corrected chi connectivity index (χ0v) is 9.39. The Morgan fingerprint density at radius 3 is 2.75 bits per heavy atom. The topological polar surface area (TPSA) is 35.8 Å². The Morgan fingerprint density at radius 1 is 1.50 bits per heavy atom. The van der Waals surface area contributed by atoms with Crippen LogP contribution in [0.1, 0.15) is 31.7 Å². The Bertz CT molecular complexity index is 430. The molecule has 0 spiro atoms. The number of nitriles is 1. The molecule has 0 saturated heterocycles. The van der Waals surface area contributed by atoms with Crippen LogP contribution in [0.15, 0.2) is 18.2 Å².